The maximum Gasteiger partial charge on any atom is 0.308 e. The molecule has 0 spiro atoms. The van der Waals surface area contributed by atoms with Crippen molar-refractivity contribution in [1.82, 2.24) is 4.90 Å². The molecule has 0 radical (unpaired) electrons. The molecule has 0 unspecified atom stereocenters. The van der Waals surface area contributed by atoms with Crippen LogP contribution in [-0.4, -0.2) is 47.0 Å². The first-order valence-corrected chi connectivity index (χ1v) is 7.04. The first-order valence-electron chi connectivity index (χ1n) is 5.64. The molecule has 1 saturated heterocycles. The summed E-state index contributed by atoms with van der Waals surface area (Å²) in [6, 6.07) is 0. The summed E-state index contributed by atoms with van der Waals surface area (Å²) in [6.45, 7) is 1.12. The average Bonchev–Trinajstić information content (AvgIpc) is 2.29. The van der Waals surface area contributed by atoms with Crippen LogP contribution in [0.2, 0.25) is 0 Å². The number of hydrogen-bond acceptors (Lipinski definition) is 3. The van der Waals surface area contributed by atoms with E-state index in [4.69, 9.17) is 5.11 Å². The lowest BCUT2D eigenvalue weighted by Gasteiger charge is -2.30. The Hall–Kier alpha value is -0.710. The fourth-order valence-electron chi connectivity index (χ4n) is 1.93. The molecule has 92 valence electrons. The summed E-state index contributed by atoms with van der Waals surface area (Å²) in [7, 11) is 0. The van der Waals surface area contributed by atoms with E-state index in [1.165, 1.54) is 0 Å². The number of thioether (sulfide) groups is 1. The van der Waals surface area contributed by atoms with E-state index >= 15 is 0 Å². The molecular weight excluding hydrogens is 226 g/mol. The molecule has 1 rings (SSSR count). The second-order valence-corrected chi connectivity index (χ2v) is 5.10. The Kier molecular flexibility index (Phi) is 5.66. The number of carbonyl (C=O) groups is 2. The molecule has 1 N–H and O–H groups in total. The van der Waals surface area contributed by atoms with Crippen molar-refractivity contribution >= 4 is 23.6 Å². The standard InChI is InChI=1S/C11H19NO3S/c1-16-7-3-5-10(13)12-6-2-4-9(8-12)11(14)15/h9H,2-8H2,1H3,(H,14,15)/t9-/m0/s1. The molecule has 4 nitrogen and oxygen atoms in total. The van der Waals surface area contributed by atoms with Gasteiger partial charge in [0.05, 0.1) is 5.92 Å². The van der Waals surface area contributed by atoms with E-state index in [-0.39, 0.29) is 11.8 Å². The average molecular weight is 245 g/mol. The minimum Gasteiger partial charge on any atom is -0.481 e. The third kappa shape index (κ3) is 4.04. The van der Waals surface area contributed by atoms with Crippen molar-refractivity contribution in [3.05, 3.63) is 0 Å². The summed E-state index contributed by atoms with van der Waals surface area (Å²) < 4.78 is 0. The van der Waals surface area contributed by atoms with E-state index in [0.29, 0.717) is 19.4 Å². The monoisotopic (exact) mass is 245 g/mol. The van der Waals surface area contributed by atoms with Gasteiger partial charge in [-0.1, -0.05) is 0 Å². The lowest BCUT2D eigenvalue weighted by Crippen LogP contribution is -2.42. The second-order valence-electron chi connectivity index (χ2n) is 4.11. The minimum atomic E-state index is -0.776. The summed E-state index contributed by atoms with van der Waals surface area (Å²) >= 11 is 1.73. The van der Waals surface area contributed by atoms with Gasteiger partial charge in [0.2, 0.25) is 5.91 Å². The van der Waals surface area contributed by atoms with Crippen LogP contribution in [0.1, 0.15) is 25.7 Å². The van der Waals surface area contributed by atoms with Crippen LogP contribution in [0.15, 0.2) is 0 Å². The molecule has 5 heteroatoms. The number of carbonyl (C=O) groups excluding carboxylic acids is 1. The maximum absolute atomic E-state index is 11.8. The molecule has 0 bridgehead atoms. The highest BCUT2D eigenvalue weighted by Gasteiger charge is 2.27. The molecule has 0 aromatic heterocycles. The first-order chi connectivity index (χ1) is 7.65. The smallest absolute Gasteiger partial charge is 0.308 e. The van der Waals surface area contributed by atoms with Gasteiger partial charge in [0.1, 0.15) is 0 Å². The van der Waals surface area contributed by atoms with E-state index < -0.39 is 5.97 Å². The number of amides is 1. The summed E-state index contributed by atoms with van der Waals surface area (Å²) in [6.07, 6.45) is 4.96. The SMILES string of the molecule is CSCCCC(=O)N1CCC[C@H](C(=O)O)C1. The minimum absolute atomic E-state index is 0.111. The van der Waals surface area contributed by atoms with Gasteiger partial charge in [-0.3, -0.25) is 9.59 Å². The first kappa shape index (κ1) is 13.4. The molecule has 1 aliphatic rings. The van der Waals surface area contributed by atoms with Gasteiger partial charge in [-0.15, -0.1) is 0 Å². The number of hydrogen-bond donors (Lipinski definition) is 1. The van der Waals surface area contributed by atoms with Crippen molar-refractivity contribution in [3.8, 4) is 0 Å². The van der Waals surface area contributed by atoms with Crippen LogP contribution in [0.5, 0.6) is 0 Å². The highest BCUT2D eigenvalue weighted by Crippen LogP contribution is 2.17. The van der Waals surface area contributed by atoms with E-state index in [9.17, 15) is 9.59 Å². The van der Waals surface area contributed by atoms with Crippen molar-refractivity contribution in [2.24, 2.45) is 5.92 Å². The Morgan fingerprint density at radius 1 is 1.50 bits per heavy atom. The number of nitrogens with zero attached hydrogens (tertiary/aromatic N) is 1. The maximum atomic E-state index is 11.8. The van der Waals surface area contributed by atoms with Crippen LogP contribution in [0.3, 0.4) is 0 Å². The van der Waals surface area contributed by atoms with Gasteiger partial charge >= 0.3 is 5.97 Å². The molecule has 0 aromatic carbocycles. The van der Waals surface area contributed by atoms with Crippen LogP contribution >= 0.6 is 11.8 Å². The molecule has 1 atom stereocenters. The Morgan fingerprint density at radius 2 is 2.25 bits per heavy atom. The number of rotatable bonds is 5. The molecule has 0 saturated carbocycles. The van der Waals surface area contributed by atoms with E-state index in [1.54, 1.807) is 16.7 Å². The zero-order chi connectivity index (χ0) is 12.0. The van der Waals surface area contributed by atoms with Gasteiger partial charge < -0.3 is 10.0 Å². The Labute approximate surface area is 100 Å². The molecule has 0 aliphatic carbocycles. The molecular formula is C11H19NO3S. The molecule has 1 amide bonds. The number of likely N-dealkylation sites (tertiary alicyclic amines) is 1. The highest BCUT2D eigenvalue weighted by molar-refractivity contribution is 7.98. The van der Waals surface area contributed by atoms with E-state index in [2.05, 4.69) is 0 Å². The molecule has 1 heterocycles. The van der Waals surface area contributed by atoms with Crippen LogP contribution in [0.25, 0.3) is 0 Å². The van der Waals surface area contributed by atoms with Crippen molar-refractivity contribution < 1.29 is 14.7 Å². The lowest BCUT2D eigenvalue weighted by molar-refractivity contribution is -0.145. The Balaban J connectivity index is 2.35. The van der Waals surface area contributed by atoms with Crippen molar-refractivity contribution in [3.63, 3.8) is 0 Å². The van der Waals surface area contributed by atoms with Gasteiger partial charge in [-0.05, 0) is 31.3 Å². The fourth-order valence-corrected chi connectivity index (χ4v) is 2.36. The van der Waals surface area contributed by atoms with Crippen molar-refractivity contribution in [2.45, 2.75) is 25.7 Å². The van der Waals surface area contributed by atoms with Crippen LogP contribution in [-0.2, 0) is 9.59 Å². The Bertz CT molecular complexity index is 258. The van der Waals surface area contributed by atoms with E-state index in [0.717, 1.165) is 25.1 Å². The van der Waals surface area contributed by atoms with Gasteiger partial charge in [0, 0.05) is 19.5 Å². The summed E-state index contributed by atoms with van der Waals surface area (Å²) in [5.41, 5.74) is 0. The third-order valence-electron chi connectivity index (χ3n) is 2.86. The number of piperidine rings is 1. The van der Waals surface area contributed by atoms with Crippen LogP contribution < -0.4 is 0 Å². The number of carboxylic acid groups (broad SMARTS) is 1. The predicted molar refractivity (Wildman–Crippen MR) is 64.6 cm³/mol. The zero-order valence-electron chi connectivity index (χ0n) is 9.65. The summed E-state index contributed by atoms with van der Waals surface area (Å²) in [4.78, 5) is 24.3. The molecule has 1 fully saturated rings. The second kappa shape index (κ2) is 6.78. The van der Waals surface area contributed by atoms with Crippen molar-refractivity contribution in [2.75, 3.05) is 25.1 Å². The molecule has 0 aromatic rings. The fraction of sp³-hybridized carbons (Fsp3) is 0.818. The van der Waals surface area contributed by atoms with Crippen molar-refractivity contribution in [1.29, 1.82) is 0 Å². The topological polar surface area (TPSA) is 57.6 Å². The van der Waals surface area contributed by atoms with Gasteiger partial charge in [-0.25, -0.2) is 0 Å². The summed E-state index contributed by atoms with van der Waals surface area (Å²) in [5.74, 6) is -0.0399. The van der Waals surface area contributed by atoms with Gasteiger partial charge in [0.25, 0.3) is 0 Å². The summed E-state index contributed by atoms with van der Waals surface area (Å²) in [5, 5.41) is 8.91. The Morgan fingerprint density at radius 3 is 2.88 bits per heavy atom. The highest BCUT2D eigenvalue weighted by atomic mass is 32.2. The lowest BCUT2D eigenvalue weighted by atomic mass is 9.98. The number of carboxylic acids is 1. The molecule has 16 heavy (non-hydrogen) atoms. The third-order valence-corrected chi connectivity index (χ3v) is 3.56. The van der Waals surface area contributed by atoms with Gasteiger partial charge in [0.15, 0.2) is 0 Å². The van der Waals surface area contributed by atoms with Gasteiger partial charge in [-0.2, -0.15) is 11.8 Å². The quantitative estimate of drug-likeness (QED) is 0.745. The normalized spacial score (nSPS) is 20.8. The van der Waals surface area contributed by atoms with E-state index in [1.807, 2.05) is 6.26 Å². The molecule has 1 aliphatic heterocycles. The zero-order valence-corrected chi connectivity index (χ0v) is 10.5. The predicted octanol–water partition coefficient (Wildman–Crippen LogP) is 1.45. The van der Waals surface area contributed by atoms with Crippen LogP contribution in [0.4, 0.5) is 0 Å². The van der Waals surface area contributed by atoms with Crippen LogP contribution in [0, 0.1) is 5.92 Å². The number of aliphatic carboxylic acids is 1. The largest absolute Gasteiger partial charge is 0.481 e.